The average Bonchev–Trinajstić information content (AvgIpc) is 3.50. The molecule has 0 aliphatic carbocycles. The molecular formula is C44H35NO. The molecule has 46 heavy (non-hydrogen) atoms. The van der Waals surface area contributed by atoms with Gasteiger partial charge >= 0.3 is 0 Å². The van der Waals surface area contributed by atoms with Crippen molar-refractivity contribution in [1.82, 2.24) is 0 Å². The number of furan rings is 1. The minimum atomic E-state index is 0.879. The Hall–Kier alpha value is -5.60. The Bertz CT molecular complexity index is 2330. The fourth-order valence-electron chi connectivity index (χ4n) is 6.99. The zero-order chi connectivity index (χ0) is 31.0. The molecule has 0 aliphatic rings. The molecule has 0 amide bonds. The highest BCUT2D eigenvalue weighted by Gasteiger charge is 2.22. The first-order valence-corrected chi connectivity index (χ1v) is 16.2. The quantitative estimate of drug-likeness (QED) is 0.183. The van der Waals surface area contributed by atoms with Gasteiger partial charge in [0.05, 0.1) is 0 Å². The molecule has 7 aromatic carbocycles. The summed E-state index contributed by atoms with van der Waals surface area (Å²) < 4.78 is 6.62. The van der Waals surface area contributed by atoms with E-state index in [9.17, 15) is 0 Å². The Morgan fingerprint density at radius 2 is 1.24 bits per heavy atom. The van der Waals surface area contributed by atoms with Crippen LogP contribution in [0.25, 0.3) is 55.0 Å². The van der Waals surface area contributed by atoms with Crippen molar-refractivity contribution in [3.05, 3.63) is 163 Å². The van der Waals surface area contributed by atoms with Gasteiger partial charge in [0.2, 0.25) is 0 Å². The third-order valence-electron chi connectivity index (χ3n) is 9.25. The number of benzene rings is 7. The molecule has 1 heterocycles. The van der Waals surface area contributed by atoms with Crippen molar-refractivity contribution in [2.24, 2.45) is 0 Å². The van der Waals surface area contributed by atoms with Crippen LogP contribution in [-0.4, -0.2) is 0 Å². The van der Waals surface area contributed by atoms with Crippen LogP contribution in [0, 0.1) is 0 Å². The van der Waals surface area contributed by atoms with E-state index < -0.39 is 0 Å². The van der Waals surface area contributed by atoms with Gasteiger partial charge in [0.25, 0.3) is 0 Å². The SMILES string of the molecule is CCc1ccc2c(oc3ccccc32)c1-c1cccc(N(c2ccccc2)c2ccc(-c3ccc4ccccc4c3)cc2)c1CC. The van der Waals surface area contributed by atoms with E-state index in [-0.39, 0.29) is 0 Å². The zero-order valence-electron chi connectivity index (χ0n) is 26.2. The summed E-state index contributed by atoms with van der Waals surface area (Å²) in [6, 6.07) is 54.6. The van der Waals surface area contributed by atoms with Crippen molar-refractivity contribution in [2.45, 2.75) is 26.7 Å². The van der Waals surface area contributed by atoms with Gasteiger partial charge in [-0.3, -0.25) is 0 Å². The summed E-state index contributed by atoms with van der Waals surface area (Å²) in [5.41, 5.74) is 12.8. The first-order chi connectivity index (χ1) is 22.7. The molecule has 0 atom stereocenters. The highest BCUT2D eigenvalue weighted by molar-refractivity contribution is 6.10. The maximum atomic E-state index is 6.62. The minimum Gasteiger partial charge on any atom is -0.455 e. The Balaban J connectivity index is 1.29. The molecule has 2 nitrogen and oxygen atoms in total. The van der Waals surface area contributed by atoms with Crippen molar-refractivity contribution in [3.8, 4) is 22.3 Å². The van der Waals surface area contributed by atoms with E-state index in [1.54, 1.807) is 0 Å². The van der Waals surface area contributed by atoms with Gasteiger partial charge in [-0.1, -0.05) is 123 Å². The van der Waals surface area contributed by atoms with E-state index in [4.69, 9.17) is 4.42 Å². The molecule has 0 unspecified atom stereocenters. The van der Waals surface area contributed by atoms with Gasteiger partial charge in [0.1, 0.15) is 11.2 Å². The van der Waals surface area contributed by atoms with E-state index in [1.165, 1.54) is 55.2 Å². The molecule has 0 saturated heterocycles. The summed E-state index contributed by atoms with van der Waals surface area (Å²) in [4.78, 5) is 2.40. The number of fused-ring (bicyclic) bond motifs is 4. The largest absolute Gasteiger partial charge is 0.455 e. The maximum Gasteiger partial charge on any atom is 0.143 e. The summed E-state index contributed by atoms with van der Waals surface area (Å²) in [5.74, 6) is 0. The summed E-state index contributed by atoms with van der Waals surface area (Å²) in [6.07, 6.45) is 1.80. The van der Waals surface area contributed by atoms with E-state index >= 15 is 0 Å². The lowest BCUT2D eigenvalue weighted by Crippen LogP contribution is -2.12. The lowest BCUT2D eigenvalue weighted by molar-refractivity contribution is 0.669. The van der Waals surface area contributed by atoms with Crippen LogP contribution in [0.2, 0.25) is 0 Å². The molecule has 0 N–H and O–H groups in total. The molecule has 0 saturated carbocycles. The van der Waals surface area contributed by atoms with Crippen LogP contribution in [-0.2, 0) is 12.8 Å². The molecule has 222 valence electrons. The monoisotopic (exact) mass is 593 g/mol. The lowest BCUT2D eigenvalue weighted by atomic mass is 9.90. The van der Waals surface area contributed by atoms with Crippen LogP contribution in [0.1, 0.15) is 25.0 Å². The fraction of sp³-hybridized carbons (Fsp3) is 0.0909. The molecule has 0 spiro atoms. The van der Waals surface area contributed by atoms with Gasteiger partial charge in [0, 0.05) is 33.4 Å². The fourth-order valence-corrected chi connectivity index (χ4v) is 6.99. The minimum absolute atomic E-state index is 0.879. The number of nitrogens with zero attached hydrogens (tertiary/aromatic N) is 1. The maximum absolute atomic E-state index is 6.62. The lowest BCUT2D eigenvalue weighted by Gasteiger charge is -2.29. The van der Waals surface area contributed by atoms with Gasteiger partial charge in [-0.2, -0.15) is 0 Å². The number of hydrogen-bond acceptors (Lipinski definition) is 2. The zero-order valence-corrected chi connectivity index (χ0v) is 26.2. The van der Waals surface area contributed by atoms with E-state index in [1.807, 2.05) is 6.07 Å². The predicted molar refractivity (Wildman–Crippen MR) is 196 cm³/mol. The molecular weight excluding hydrogens is 558 g/mol. The molecule has 0 radical (unpaired) electrons. The second kappa shape index (κ2) is 11.7. The highest BCUT2D eigenvalue weighted by atomic mass is 16.3. The van der Waals surface area contributed by atoms with Crippen LogP contribution in [0.5, 0.6) is 0 Å². The van der Waals surface area contributed by atoms with Crippen LogP contribution in [0.3, 0.4) is 0 Å². The Morgan fingerprint density at radius 1 is 0.522 bits per heavy atom. The number of hydrogen-bond donors (Lipinski definition) is 0. The normalized spacial score (nSPS) is 11.4. The predicted octanol–water partition coefficient (Wildman–Crippen LogP) is 12.7. The first-order valence-electron chi connectivity index (χ1n) is 16.2. The topological polar surface area (TPSA) is 16.4 Å². The van der Waals surface area contributed by atoms with E-state index in [0.717, 1.165) is 40.8 Å². The smallest absolute Gasteiger partial charge is 0.143 e. The van der Waals surface area contributed by atoms with Gasteiger partial charge in [0.15, 0.2) is 0 Å². The molecule has 2 heteroatoms. The molecule has 8 rings (SSSR count). The number of para-hydroxylation sites is 2. The number of anilines is 3. The average molecular weight is 594 g/mol. The molecule has 8 aromatic rings. The summed E-state index contributed by atoms with van der Waals surface area (Å²) in [5, 5.41) is 4.84. The van der Waals surface area contributed by atoms with Crippen molar-refractivity contribution >= 4 is 49.8 Å². The summed E-state index contributed by atoms with van der Waals surface area (Å²) >= 11 is 0. The first kappa shape index (κ1) is 27.9. The van der Waals surface area contributed by atoms with Crippen molar-refractivity contribution < 1.29 is 4.42 Å². The van der Waals surface area contributed by atoms with Crippen LogP contribution in [0.15, 0.2) is 156 Å². The van der Waals surface area contributed by atoms with Crippen LogP contribution in [0.4, 0.5) is 17.1 Å². The number of rotatable bonds is 7. The van der Waals surface area contributed by atoms with Crippen molar-refractivity contribution in [3.63, 3.8) is 0 Å². The van der Waals surface area contributed by atoms with Gasteiger partial charge in [-0.25, -0.2) is 0 Å². The molecule has 0 aliphatic heterocycles. The van der Waals surface area contributed by atoms with E-state index in [0.29, 0.717) is 0 Å². The second-order valence-corrected chi connectivity index (χ2v) is 11.9. The number of aryl methyl sites for hydroxylation is 1. The second-order valence-electron chi connectivity index (χ2n) is 11.9. The molecule has 0 fully saturated rings. The Morgan fingerprint density at radius 3 is 2.04 bits per heavy atom. The summed E-state index contributed by atoms with van der Waals surface area (Å²) in [6.45, 7) is 4.49. The van der Waals surface area contributed by atoms with Crippen LogP contribution < -0.4 is 4.90 Å². The highest BCUT2D eigenvalue weighted by Crippen LogP contribution is 2.45. The molecule has 0 bridgehead atoms. The third-order valence-corrected chi connectivity index (χ3v) is 9.25. The van der Waals surface area contributed by atoms with Gasteiger partial charge < -0.3 is 9.32 Å². The Labute approximate surface area is 270 Å². The Kier molecular flexibility index (Phi) is 7.11. The van der Waals surface area contributed by atoms with Crippen molar-refractivity contribution in [2.75, 3.05) is 4.90 Å². The molecule has 1 aromatic heterocycles. The van der Waals surface area contributed by atoms with Gasteiger partial charge in [-0.05, 0) is 93.9 Å². The van der Waals surface area contributed by atoms with Crippen molar-refractivity contribution in [1.29, 1.82) is 0 Å². The van der Waals surface area contributed by atoms with Crippen LogP contribution >= 0.6 is 0 Å². The van der Waals surface area contributed by atoms with Gasteiger partial charge in [-0.15, -0.1) is 0 Å². The summed E-state index contributed by atoms with van der Waals surface area (Å²) in [7, 11) is 0. The third kappa shape index (κ3) is 4.74. The standard InChI is InChI=1S/C44H35NO/c1-3-30-25-28-40-38-17-10-11-20-42(38)46-44(40)43(30)39-18-12-19-41(37(39)4-2)45(35-15-6-5-7-16-35)36-26-23-32(24-27-36)34-22-21-31-13-8-9-14-33(31)29-34/h5-29H,3-4H2,1-2H3. The van der Waals surface area contributed by atoms with E-state index in [2.05, 4.69) is 164 Å².